The van der Waals surface area contributed by atoms with E-state index in [-0.39, 0.29) is 0 Å². The van der Waals surface area contributed by atoms with E-state index < -0.39 is 0 Å². The van der Waals surface area contributed by atoms with Crippen molar-refractivity contribution in [2.24, 2.45) is 0 Å². The average molecular weight is 414 g/mol. The van der Waals surface area contributed by atoms with Crippen LogP contribution in [0.25, 0.3) is 23.2 Å². The molecule has 0 aliphatic rings. The van der Waals surface area contributed by atoms with Crippen LogP contribution < -0.4 is 0 Å². The highest BCUT2D eigenvalue weighted by Gasteiger charge is 2.10. The fourth-order valence-electron chi connectivity index (χ4n) is 2.95. The Labute approximate surface area is 172 Å². The molecular weight excluding hydrogens is 399 g/mol. The molecule has 0 fully saturated rings. The van der Waals surface area contributed by atoms with Crippen molar-refractivity contribution in [2.45, 2.75) is 6.54 Å². The lowest BCUT2D eigenvalue weighted by atomic mass is 10.2. The van der Waals surface area contributed by atoms with Gasteiger partial charge in [0, 0.05) is 11.6 Å². The molecule has 0 unspecified atom stereocenters. The number of fused-ring (bicyclic) bond motifs is 1. The van der Waals surface area contributed by atoms with Crippen LogP contribution in [0, 0.1) is 0 Å². The molecular formula is C22H15Cl3N2. The van der Waals surface area contributed by atoms with Crippen molar-refractivity contribution in [1.82, 2.24) is 9.55 Å². The van der Waals surface area contributed by atoms with Crippen LogP contribution in [-0.2, 0) is 6.54 Å². The number of imidazole rings is 1. The van der Waals surface area contributed by atoms with E-state index in [4.69, 9.17) is 39.8 Å². The van der Waals surface area contributed by atoms with Crippen LogP contribution in [0.5, 0.6) is 0 Å². The maximum Gasteiger partial charge on any atom is 0.134 e. The maximum atomic E-state index is 6.18. The Morgan fingerprint density at radius 1 is 0.815 bits per heavy atom. The van der Waals surface area contributed by atoms with Gasteiger partial charge in [-0.3, -0.25) is 0 Å². The quantitative estimate of drug-likeness (QED) is 0.345. The van der Waals surface area contributed by atoms with E-state index in [0.717, 1.165) is 33.0 Å². The monoisotopic (exact) mass is 412 g/mol. The minimum Gasteiger partial charge on any atom is -0.320 e. The van der Waals surface area contributed by atoms with E-state index >= 15 is 0 Å². The first-order valence-electron chi connectivity index (χ1n) is 8.43. The summed E-state index contributed by atoms with van der Waals surface area (Å²) in [5.41, 5.74) is 4.15. The van der Waals surface area contributed by atoms with Crippen molar-refractivity contribution in [3.05, 3.63) is 98.7 Å². The number of hydrogen-bond acceptors (Lipinski definition) is 1. The third kappa shape index (κ3) is 4.03. The summed E-state index contributed by atoms with van der Waals surface area (Å²) in [6.07, 6.45) is 4.05. The van der Waals surface area contributed by atoms with Gasteiger partial charge in [0.1, 0.15) is 5.82 Å². The van der Waals surface area contributed by atoms with E-state index in [2.05, 4.69) is 10.6 Å². The zero-order chi connectivity index (χ0) is 18.8. The average Bonchev–Trinajstić information content (AvgIpc) is 3.02. The van der Waals surface area contributed by atoms with E-state index in [9.17, 15) is 0 Å². The first-order valence-corrected chi connectivity index (χ1v) is 9.56. The van der Waals surface area contributed by atoms with Crippen LogP contribution in [0.2, 0.25) is 15.1 Å². The number of rotatable bonds is 4. The van der Waals surface area contributed by atoms with Crippen molar-refractivity contribution in [1.29, 1.82) is 0 Å². The molecule has 0 saturated heterocycles. The van der Waals surface area contributed by atoms with E-state index in [1.807, 2.05) is 72.8 Å². The SMILES string of the molecule is Clc1ccc(C=Cc2nc3ccccc3n2Cc2ccc(Cl)c(Cl)c2)cc1. The molecule has 1 heterocycles. The van der Waals surface area contributed by atoms with Crippen molar-refractivity contribution in [2.75, 3.05) is 0 Å². The van der Waals surface area contributed by atoms with Gasteiger partial charge in [0.25, 0.3) is 0 Å². The van der Waals surface area contributed by atoms with Crippen LogP contribution in [0.4, 0.5) is 0 Å². The number of halogens is 3. The molecule has 0 spiro atoms. The zero-order valence-corrected chi connectivity index (χ0v) is 16.5. The van der Waals surface area contributed by atoms with Crippen molar-refractivity contribution in [3.8, 4) is 0 Å². The molecule has 4 aromatic rings. The summed E-state index contributed by atoms with van der Waals surface area (Å²) >= 11 is 18.2. The third-order valence-corrected chi connectivity index (χ3v) is 5.29. The Hall–Kier alpha value is -2.26. The Morgan fingerprint density at radius 2 is 1.59 bits per heavy atom. The molecule has 1 aromatic heterocycles. The zero-order valence-electron chi connectivity index (χ0n) is 14.2. The molecule has 0 atom stereocenters. The second-order valence-electron chi connectivity index (χ2n) is 6.18. The van der Waals surface area contributed by atoms with E-state index in [0.29, 0.717) is 16.6 Å². The fraction of sp³-hybridized carbons (Fsp3) is 0.0455. The lowest BCUT2D eigenvalue weighted by Crippen LogP contribution is -2.02. The number of hydrogen-bond donors (Lipinski definition) is 0. The summed E-state index contributed by atoms with van der Waals surface area (Å²) in [5, 5.41) is 1.83. The summed E-state index contributed by atoms with van der Waals surface area (Å²) in [6, 6.07) is 21.5. The summed E-state index contributed by atoms with van der Waals surface area (Å²) < 4.78 is 2.17. The van der Waals surface area contributed by atoms with Gasteiger partial charge < -0.3 is 4.57 Å². The predicted octanol–water partition coefficient (Wildman–Crippen LogP) is 7.22. The number of nitrogens with zero attached hydrogens (tertiary/aromatic N) is 2. The first kappa shape index (κ1) is 18.1. The van der Waals surface area contributed by atoms with Crippen LogP contribution in [0.3, 0.4) is 0 Å². The van der Waals surface area contributed by atoms with Crippen molar-refractivity contribution in [3.63, 3.8) is 0 Å². The molecule has 0 aliphatic carbocycles. The summed E-state index contributed by atoms with van der Waals surface area (Å²) in [6.45, 7) is 0.650. The molecule has 134 valence electrons. The molecule has 0 saturated carbocycles. The number of aromatic nitrogens is 2. The first-order chi connectivity index (χ1) is 13.1. The molecule has 0 aliphatic heterocycles. The molecule has 3 aromatic carbocycles. The minimum atomic E-state index is 0.553. The van der Waals surface area contributed by atoms with Gasteiger partial charge in [0.05, 0.1) is 21.1 Å². The molecule has 0 radical (unpaired) electrons. The second-order valence-corrected chi connectivity index (χ2v) is 7.43. The van der Waals surface area contributed by atoms with Crippen LogP contribution in [-0.4, -0.2) is 9.55 Å². The molecule has 0 bridgehead atoms. The van der Waals surface area contributed by atoms with Gasteiger partial charge in [-0.05, 0) is 53.6 Å². The van der Waals surface area contributed by atoms with Gasteiger partial charge >= 0.3 is 0 Å². The summed E-state index contributed by atoms with van der Waals surface area (Å²) in [7, 11) is 0. The molecule has 2 nitrogen and oxygen atoms in total. The van der Waals surface area contributed by atoms with Gasteiger partial charge in [-0.2, -0.15) is 0 Å². The minimum absolute atomic E-state index is 0.553. The fourth-order valence-corrected chi connectivity index (χ4v) is 3.40. The van der Waals surface area contributed by atoms with Gasteiger partial charge in [0.2, 0.25) is 0 Å². The Kier molecular flexibility index (Phi) is 5.22. The van der Waals surface area contributed by atoms with Gasteiger partial charge in [-0.1, -0.05) is 71.2 Å². The third-order valence-electron chi connectivity index (χ3n) is 4.30. The highest BCUT2D eigenvalue weighted by molar-refractivity contribution is 6.42. The van der Waals surface area contributed by atoms with Crippen LogP contribution in [0.1, 0.15) is 17.0 Å². The normalized spacial score (nSPS) is 11.5. The molecule has 4 rings (SSSR count). The summed E-state index contributed by atoms with van der Waals surface area (Å²) in [5.74, 6) is 0.872. The van der Waals surface area contributed by atoms with Gasteiger partial charge in [-0.15, -0.1) is 0 Å². The standard InChI is InChI=1S/C22H15Cl3N2/c23-17-9-5-15(6-10-17)8-12-22-26-20-3-1-2-4-21(20)27(22)14-16-7-11-18(24)19(25)13-16/h1-13H,14H2. The highest BCUT2D eigenvalue weighted by Crippen LogP contribution is 2.25. The topological polar surface area (TPSA) is 17.8 Å². The number of benzene rings is 3. The lowest BCUT2D eigenvalue weighted by molar-refractivity contribution is 0.814. The largest absolute Gasteiger partial charge is 0.320 e. The van der Waals surface area contributed by atoms with Gasteiger partial charge in [0.15, 0.2) is 0 Å². The predicted molar refractivity (Wildman–Crippen MR) is 116 cm³/mol. The van der Waals surface area contributed by atoms with Gasteiger partial charge in [-0.25, -0.2) is 4.98 Å². The second kappa shape index (κ2) is 7.77. The molecule has 0 amide bonds. The molecule has 27 heavy (non-hydrogen) atoms. The Bertz CT molecular complexity index is 1130. The lowest BCUT2D eigenvalue weighted by Gasteiger charge is -2.08. The molecule has 5 heteroatoms. The van der Waals surface area contributed by atoms with Crippen molar-refractivity contribution < 1.29 is 0 Å². The highest BCUT2D eigenvalue weighted by atomic mass is 35.5. The maximum absolute atomic E-state index is 6.18. The van der Waals surface area contributed by atoms with Crippen LogP contribution in [0.15, 0.2) is 66.7 Å². The molecule has 0 N–H and O–H groups in total. The van der Waals surface area contributed by atoms with E-state index in [1.54, 1.807) is 0 Å². The number of para-hydroxylation sites is 2. The van der Waals surface area contributed by atoms with Crippen LogP contribution >= 0.6 is 34.8 Å². The van der Waals surface area contributed by atoms with Crippen molar-refractivity contribution >= 4 is 58.0 Å². The summed E-state index contributed by atoms with van der Waals surface area (Å²) in [4.78, 5) is 4.77. The Morgan fingerprint density at radius 3 is 2.37 bits per heavy atom. The Balaban J connectivity index is 1.74. The smallest absolute Gasteiger partial charge is 0.134 e. The van der Waals surface area contributed by atoms with E-state index in [1.165, 1.54) is 0 Å².